The number of ether oxygens (including phenoxy) is 2. The van der Waals surface area contributed by atoms with Gasteiger partial charge in [-0.15, -0.1) is 0 Å². The van der Waals surface area contributed by atoms with E-state index in [1.807, 2.05) is 0 Å². The third-order valence-corrected chi connectivity index (χ3v) is 4.57. The Balaban J connectivity index is 2.09. The third-order valence-electron chi connectivity index (χ3n) is 3.98. The minimum absolute atomic E-state index is 0.333. The van der Waals surface area contributed by atoms with E-state index in [1.165, 1.54) is 24.0 Å². The lowest BCUT2D eigenvalue weighted by atomic mass is 9.84. The van der Waals surface area contributed by atoms with Crippen LogP contribution in [0, 0.1) is 0 Å². The lowest BCUT2D eigenvalue weighted by molar-refractivity contribution is 0.172. The van der Waals surface area contributed by atoms with Crippen LogP contribution in [0.4, 0.5) is 0 Å². The van der Waals surface area contributed by atoms with Crippen LogP contribution < -0.4 is 14.8 Å². The van der Waals surface area contributed by atoms with Gasteiger partial charge in [0, 0.05) is 12.1 Å². The molecule has 0 aliphatic carbocycles. The molecular formula is C15H20BrNO2. The Morgan fingerprint density at radius 2 is 2.11 bits per heavy atom. The maximum absolute atomic E-state index is 5.73. The van der Waals surface area contributed by atoms with Crippen molar-refractivity contribution in [2.75, 3.05) is 19.9 Å². The molecule has 1 saturated heterocycles. The van der Waals surface area contributed by atoms with Gasteiger partial charge in [0.25, 0.3) is 0 Å². The molecule has 1 fully saturated rings. The fourth-order valence-corrected chi connectivity index (χ4v) is 3.66. The predicted octanol–water partition coefficient (Wildman–Crippen LogP) is 3.77. The normalized spacial score (nSPS) is 22.0. The van der Waals surface area contributed by atoms with Gasteiger partial charge in [-0.3, -0.25) is 0 Å². The first kappa shape index (κ1) is 13.3. The van der Waals surface area contributed by atoms with Crippen LogP contribution in [0.1, 0.15) is 49.7 Å². The second-order valence-corrected chi connectivity index (χ2v) is 6.48. The maximum Gasteiger partial charge on any atom is 0.231 e. The molecular weight excluding hydrogens is 306 g/mol. The average Bonchev–Trinajstić information content (AvgIpc) is 2.88. The van der Waals surface area contributed by atoms with Crippen LogP contribution in [-0.2, 0) is 0 Å². The SMILES string of the molecule is CC(C)c1c(C2CCCNC2)cc(Br)c2c1OCO2. The first-order chi connectivity index (χ1) is 9.18. The summed E-state index contributed by atoms with van der Waals surface area (Å²) >= 11 is 3.62. The molecule has 0 bridgehead atoms. The van der Waals surface area contributed by atoms with Gasteiger partial charge in [0.1, 0.15) is 0 Å². The molecule has 1 N–H and O–H groups in total. The number of hydrogen-bond donors (Lipinski definition) is 1. The van der Waals surface area contributed by atoms with Gasteiger partial charge in [-0.05, 0) is 58.8 Å². The van der Waals surface area contributed by atoms with Crippen LogP contribution in [0.5, 0.6) is 11.5 Å². The minimum Gasteiger partial charge on any atom is -0.453 e. The molecule has 4 heteroatoms. The summed E-state index contributed by atoms with van der Waals surface area (Å²) < 4.78 is 12.3. The Bertz CT molecular complexity index is 482. The van der Waals surface area contributed by atoms with E-state index in [-0.39, 0.29) is 0 Å². The van der Waals surface area contributed by atoms with Crippen LogP contribution in [0.2, 0.25) is 0 Å². The van der Waals surface area contributed by atoms with Crippen LogP contribution in [-0.4, -0.2) is 19.9 Å². The molecule has 1 aromatic carbocycles. The summed E-state index contributed by atoms with van der Waals surface area (Å²) in [4.78, 5) is 0. The molecule has 0 saturated carbocycles. The second kappa shape index (κ2) is 5.33. The lowest BCUT2D eigenvalue weighted by Gasteiger charge is -2.27. The zero-order valence-electron chi connectivity index (χ0n) is 11.5. The van der Waals surface area contributed by atoms with E-state index >= 15 is 0 Å². The zero-order valence-corrected chi connectivity index (χ0v) is 13.0. The van der Waals surface area contributed by atoms with Crippen molar-refractivity contribution in [1.82, 2.24) is 5.32 Å². The number of piperidine rings is 1. The predicted molar refractivity (Wildman–Crippen MR) is 79.2 cm³/mol. The number of hydrogen-bond acceptors (Lipinski definition) is 3. The maximum atomic E-state index is 5.73. The molecule has 0 spiro atoms. The van der Waals surface area contributed by atoms with Crippen molar-refractivity contribution >= 4 is 15.9 Å². The number of halogens is 1. The van der Waals surface area contributed by atoms with Crippen molar-refractivity contribution in [2.24, 2.45) is 0 Å². The van der Waals surface area contributed by atoms with E-state index in [0.717, 1.165) is 29.1 Å². The highest BCUT2D eigenvalue weighted by Crippen LogP contribution is 2.48. The first-order valence-corrected chi connectivity index (χ1v) is 7.80. The Morgan fingerprint density at radius 1 is 1.32 bits per heavy atom. The highest BCUT2D eigenvalue weighted by atomic mass is 79.9. The summed E-state index contributed by atoms with van der Waals surface area (Å²) in [6.45, 7) is 6.99. The molecule has 1 unspecified atom stereocenters. The summed E-state index contributed by atoms with van der Waals surface area (Å²) in [5.41, 5.74) is 2.74. The molecule has 2 heterocycles. The van der Waals surface area contributed by atoms with Gasteiger partial charge >= 0.3 is 0 Å². The van der Waals surface area contributed by atoms with E-state index in [4.69, 9.17) is 9.47 Å². The standard InChI is InChI=1S/C15H20BrNO2/c1-9(2)13-11(10-4-3-5-17-7-10)6-12(16)14-15(13)19-8-18-14/h6,9-10,17H,3-5,7-8H2,1-2H3. The summed E-state index contributed by atoms with van der Waals surface area (Å²) in [6.07, 6.45) is 2.49. The Kier molecular flexibility index (Phi) is 3.72. The van der Waals surface area contributed by atoms with Crippen LogP contribution in [0.3, 0.4) is 0 Å². The van der Waals surface area contributed by atoms with Crippen molar-refractivity contribution < 1.29 is 9.47 Å². The molecule has 2 aliphatic heterocycles. The number of fused-ring (bicyclic) bond motifs is 1. The lowest BCUT2D eigenvalue weighted by Crippen LogP contribution is -2.29. The Labute approximate surface area is 122 Å². The average molecular weight is 326 g/mol. The molecule has 3 nitrogen and oxygen atoms in total. The summed E-state index contributed by atoms with van der Waals surface area (Å²) in [6, 6.07) is 2.24. The van der Waals surface area contributed by atoms with Gasteiger partial charge in [-0.25, -0.2) is 0 Å². The quantitative estimate of drug-likeness (QED) is 0.897. The van der Waals surface area contributed by atoms with Gasteiger partial charge in [-0.1, -0.05) is 13.8 Å². The van der Waals surface area contributed by atoms with E-state index < -0.39 is 0 Å². The van der Waals surface area contributed by atoms with Crippen LogP contribution in [0.25, 0.3) is 0 Å². The summed E-state index contributed by atoms with van der Waals surface area (Å²) in [7, 11) is 0. The largest absolute Gasteiger partial charge is 0.453 e. The molecule has 3 rings (SSSR count). The number of benzene rings is 1. The number of nitrogens with one attached hydrogen (secondary N) is 1. The molecule has 19 heavy (non-hydrogen) atoms. The smallest absolute Gasteiger partial charge is 0.231 e. The van der Waals surface area contributed by atoms with E-state index in [1.54, 1.807) is 0 Å². The molecule has 0 amide bonds. The van der Waals surface area contributed by atoms with Gasteiger partial charge in [0.05, 0.1) is 4.47 Å². The topological polar surface area (TPSA) is 30.5 Å². The van der Waals surface area contributed by atoms with Crippen LogP contribution in [0.15, 0.2) is 10.5 Å². The van der Waals surface area contributed by atoms with E-state index in [0.29, 0.717) is 18.6 Å². The van der Waals surface area contributed by atoms with Gasteiger partial charge in [0.15, 0.2) is 11.5 Å². The summed E-state index contributed by atoms with van der Waals surface area (Å²) in [5.74, 6) is 2.85. The summed E-state index contributed by atoms with van der Waals surface area (Å²) in [5, 5.41) is 3.50. The van der Waals surface area contributed by atoms with Crippen molar-refractivity contribution in [3.63, 3.8) is 0 Å². The highest BCUT2D eigenvalue weighted by Gasteiger charge is 2.29. The van der Waals surface area contributed by atoms with Crippen molar-refractivity contribution in [1.29, 1.82) is 0 Å². The van der Waals surface area contributed by atoms with Gasteiger partial charge in [-0.2, -0.15) is 0 Å². The number of rotatable bonds is 2. The third kappa shape index (κ3) is 2.36. The Morgan fingerprint density at radius 3 is 2.79 bits per heavy atom. The molecule has 2 aliphatic rings. The van der Waals surface area contributed by atoms with Crippen molar-refractivity contribution in [3.8, 4) is 11.5 Å². The molecule has 0 radical (unpaired) electrons. The monoisotopic (exact) mass is 325 g/mol. The molecule has 0 aromatic heterocycles. The highest BCUT2D eigenvalue weighted by molar-refractivity contribution is 9.10. The first-order valence-electron chi connectivity index (χ1n) is 7.01. The van der Waals surface area contributed by atoms with Gasteiger partial charge in [0.2, 0.25) is 6.79 Å². The Hall–Kier alpha value is -0.740. The molecule has 104 valence electrons. The fourth-order valence-electron chi connectivity index (χ4n) is 3.12. The van der Waals surface area contributed by atoms with Crippen molar-refractivity contribution in [3.05, 3.63) is 21.7 Å². The van der Waals surface area contributed by atoms with Gasteiger partial charge < -0.3 is 14.8 Å². The van der Waals surface area contributed by atoms with E-state index in [9.17, 15) is 0 Å². The molecule has 1 aromatic rings. The molecule has 1 atom stereocenters. The van der Waals surface area contributed by atoms with E-state index in [2.05, 4.69) is 41.2 Å². The van der Waals surface area contributed by atoms with Crippen LogP contribution >= 0.6 is 15.9 Å². The zero-order chi connectivity index (χ0) is 13.4. The second-order valence-electron chi connectivity index (χ2n) is 5.62. The minimum atomic E-state index is 0.333. The van der Waals surface area contributed by atoms with Crippen molar-refractivity contribution in [2.45, 2.75) is 38.5 Å². The fraction of sp³-hybridized carbons (Fsp3) is 0.600.